The zero-order valence-electron chi connectivity index (χ0n) is 14.0. The Labute approximate surface area is 150 Å². The molecule has 0 fully saturated rings. The number of anilines is 3. The van der Waals surface area contributed by atoms with Gasteiger partial charge in [-0.25, -0.2) is 9.97 Å². The predicted octanol–water partition coefficient (Wildman–Crippen LogP) is 3.17. The standard InChI is InChI=1S/C20H17N5O/c21-19-18-15(12-17(24-19)23-16-8-4-5-10-22-16)9-11-25(20(18)26)13-14-6-2-1-3-7-14/h1-12H,13H2,(H3,21,22,23,24). The normalized spacial score (nSPS) is 10.8. The molecule has 3 heterocycles. The van der Waals surface area contributed by atoms with E-state index < -0.39 is 0 Å². The van der Waals surface area contributed by atoms with Crippen LogP contribution < -0.4 is 16.6 Å². The Kier molecular flexibility index (Phi) is 4.07. The molecule has 0 amide bonds. The lowest BCUT2D eigenvalue weighted by Gasteiger charge is -2.11. The summed E-state index contributed by atoms with van der Waals surface area (Å²) in [5, 5.41) is 4.27. The molecule has 4 aromatic rings. The minimum absolute atomic E-state index is 0.152. The molecular weight excluding hydrogens is 326 g/mol. The lowest BCUT2D eigenvalue weighted by molar-refractivity contribution is 0.768. The number of nitrogen functional groups attached to an aromatic ring is 1. The molecule has 6 nitrogen and oxygen atoms in total. The van der Waals surface area contributed by atoms with Gasteiger partial charge in [0.05, 0.1) is 11.9 Å². The summed E-state index contributed by atoms with van der Waals surface area (Å²) in [6.45, 7) is 0.489. The van der Waals surface area contributed by atoms with E-state index in [2.05, 4.69) is 15.3 Å². The molecule has 0 aliphatic rings. The fourth-order valence-electron chi connectivity index (χ4n) is 2.87. The summed E-state index contributed by atoms with van der Waals surface area (Å²) in [5.74, 6) is 1.42. The summed E-state index contributed by atoms with van der Waals surface area (Å²) in [4.78, 5) is 21.4. The predicted molar refractivity (Wildman–Crippen MR) is 103 cm³/mol. The Morgan fingerprint density at radius 2 is 1.81 bits per heavy atom. The van der Waals surface area contributed by atoms with Crippen molar-refractivity contribution in [3.63, 3.8) is 0 Å². The molecule has 0 radical (unpaired) electrons. The van der Waals surface area contributed by atoms with Gasteiger partial charge in [0, 0.05) is 12.4 Å². The highest BCUT2D eigenvalue weighted by Gasteiger charge is 2.10. The van der Waals surface area contributed by atoms with E-state index in [-0.39, 0.29) is 11.4 Å². The number of rotatable bonds is 4. The molecule has 0 spiro atoms. The molecule has 0 atom stereocenters. The van der Waals surface area contributed by atoms with Crippen molar-refractivity contribution in [1.82, 2.24) is 14.5 Å². The van der Waals surface area contributed by atoms with Crippen LogP contribution in [-0.2, 0) is 6.54 Å². The van der Waals surface area contributed by atoms with Crippen molar-refractivity contribution in [2.75, 3.05) is 11.1 Å². The fourth-order valence-corrected chi connectivity index (χ4v) is 2.87. The number of nitrogens with zero attached hydrogens (tertiary/aromatic N) is 3. The Hall–Kier alpha value is -3.67. The van der Waals surface area contributed by atoms with Crippen LogP contribution in [0.25, 0.3) is 10.8 Å². The van der Waals surface area contributed by atoms with Crippen LogP contribution in [0.5, 0.6) is 0 Å². The zero-order chi connectivity index (χ0) is 17.9. The van der Waals surface area contributed by atoms with E-state index in [1.165, 1.54) is 0 Å². The molecule has 0 aliphatic carbocycles. The third-order valence-electron chi connectivity index (χ3n) is 4.10. The largest absolute Gasteiger partial charge is 0.383 e. The van der Waals surface area contributed by atoms with Gasteiger partial charge in [-0.2, -0.15) is 0 Å². The maximum atomic E-state index is 12.8. The van der Waals surface area contributed by atoms with Gasteiger partial charge >= 0.3 is 0 Å². The summed E-state index contributed by atoms with van der Waals surface area (Å²) < 4.78 is 1.64. The highest BCUT2D eigenvalue weighted by Crippen LogP contribution is 2.21. The van der Waals surface area contributed by atoms with Gasteiger partial charge in [0.25, 0.3) is 5.56 Å². The second-order valence-corrected chi connectivity index (χ2v) is 5.93. The SMILES string of the molecule is Nc1nc(Nc2ccccn2)cc2ccn(Cc3ccccc3)c(=O)c12. The first kappa shape index (κ1) is 15.8. The molecule has 26 heavy (non-hydrogen) atoms. The van der Waals surface area contributed by atoms with Gasteiger partial charge in [-0.05, 0) is 35.2 Å². The van der Waals surface area contributed by atoms with Crippen LogP contribution in [-0.4, -0.2) is 14.5 Å². The fraction of sp³-hybridized carbons (Fsp3) is 0.0500. The van der Waals surface area contributed by atoms with Crippen LogP contribution in [0.15, 0.2) is 77.9 Å². The van der Waals surface area contributed by atoms with Gasteiger partial charge in [-0.1, -0.05) is 36.4 Å². The molecule has 6 heteroatoms. The number of nitrogens with two attached hydrogens (primary N) is 1. The van der Waals surface area contributed by atoms with E-state index in [4.69, 9.17) is 5.73 Å². The van der Waals surface area contributed by atoms with Gasteiger partial charge in [-0.3, -0.25) is 4.79 Å². The summed E-state index contributed by atoms with van der Waals surface area (Å²) in [5.41, 5.74) is 6.99. The van der Waals surface area contributed by atoms with Gasteiger partial charge in [0.15, 0.2) is 0 Å². The summed E-state index contributed by atoms with van der Waals surface area (Å²) >= 11 is 0. The molecule has 4 rings (SSSR count). The minimum atomic E-state index is -0.152. The second-order valence-electron chi connectivity index (χ2n) is 5.93. The number of nitrogens with one attached hydrogen (secondary N) is 1. The van der Waals surface area contributed by atoms with Gasteiger partial charge in [0.1, 0.15) is 17.5 Å². The summed E-state index contributed by atoms with van der Waals surface area (Å²) in [6, 6.07) is 19.0. The Morgan fingerprint density at radius 3 is 2.58 bits per heavy atom. The summed E-state index contributed by atoms with van der Waals surface area (Å²) in [6.07, 6.45) is 3.47. The Morgan fingerprint density at radius 1 is 1.00 bits per heavy atom. The van der Waals surface area contributed by atoms with Crippen molar-refractivity contribution >= 4 is 28.2 Å². The van der Waals surface area contributed by atoms with Gasteiger partial charge in [-0.15, -0.1) is 0 Å². The molecular formula is C20H17N5O. The third kappa shape index (κ3) is 3.12. The first-order valence-electron chi connectivity index (χ1n) is 8.22. The summed E-state index contributed by atoms with van der Waals surface area (Å²) in [7, 11) is 0. The molecule has 3 N–H and O–H groups in total. The topological polar surface area (TPSA) is 85.8 Å². The number of aromatic nitrogens is 3. The molecule has 3 aromatic heterocycles. The van der Waals surface area contributed by atoms with Crippen LogP contribution in [0.4, 0.5) is 17.5 Å². The first-order chi connectivity index (χ1) is 12.7. The van der Waals surface area contributed by atoms with E-state index >= 15 is 0 Å². The third-order valence-corrected chi connectivity index (χ3v) is 4.10. The Bertz CT molecular complexity index is 1110. The average molecular weight is 343 g/mol. The molecule has 0 saturated heterocycles. The van der Waals surface area contributed by atoms with Gasteiger partial charge in [0.2, 0.25) is 0 Å². The molecule has 0 unspecified atom stereocenters. The molecule has 0 aliphatic heterocycles. The highest BCUT2D eigenvalue weighted by atomic mass is 16.1. The van der Waals surface area contributed by atoms with Crippen molar-refractivity contribution in [2.45, 2.75) is 6.54 Å². The van der Waals surface area contributed by atoms with Crippen molar-refractivity contribution < 1.29 is 0 Å². The number of pyridine rings is 3. The second kappa shape index (κ2) is 6.68. The maximum absolute atomic E-state index is 12.8. The monoisotopic (exact) mass is 343 g/mol. The maximum Gasteiger partial charge on any atom is 0.262 e. The number of hydrogen-bond donors (Lipinski definition) is 2. The first-order valence-corrected chi connectivity index (χ1v) is 8.22. The van der Waals surface area contributed by atoms with E-state index in [9.17, 15) is 4.79 Å². The van der Waals surface area contributed by atoms with Crippen molar-refractivity contribution in [3.05, 3.63) is 89.0 Å². The van der Waals surface area contributed by atoms with Crippen molar-refractivity contribution in [2.24, 2.45) is 0 Å². The van der Waals surface area contributed by atoms with Crippen LogP contribution >= 0.6 is 0 Å². The quantitative estimate of drug-likeness (QED) is 0.594. The van der Waals surface area contributed by atoms with Crippen molar-refractivity contribution in [1.29, 1.82) is 0 Å². The van der Waals surface area contributed by atoms with Gasteiger partial charge < -0.3 is 15.6 Å². The molecule has 1 aromatic carbocycles. The van der Waals surface area contributed by atoms with E-state index in [0.717, 1.165) is 10.9 Å². The van der Waals surface area contributed by atoms with E-state index in [1.807, 2.05) is 54.6 Å². The zero-order valence-corrected chi connectivity index (χ0v) is 14.0. The molecule has 0 bridgehead atoms. The molecule has 128 valence electrons. The average Bonchev–Trinajstić information content (AvgIpc) is 2.65. The Balaban J connectivity index is 1.72. The van der Waals surface area contributed by atoms with E-state index in [1.54, 1.807) is 23.0 Å². The number of fused-ring (bicyclic) bond motifs is 1. The molecule has 0 saturated carbocycles. The number of benzene rings is 1. The van der Waals surface area contributed by atoms with Crippen LogP contribution in [0, 0.1) is 0 Å². The lowest BCUT2D eigenvalue weighted by Crippen LogP contribution is -2.21. The highest BCUT2D eigenvalue weighted by molar-refractivity contribution is 5.92. The van der Waals surface area contributed by atoms with Crippen LogP contribution in [0.2, 0.25) is 0 Å². The minimum Gasteiger partial charge on any atom is -0.383 e. The van der Waals surface area contributed by atoms with E-state index in [0.29, 0.717) is 23.6 Å². The smallest absolute Gasteiger partial charge is 0.262 e. The van der Waals surface area contributed by atoms with Crippen LogP contribution in [0.1, 0.15) is 5.56 Å². The van der Waals surface area contributed by atoms with Crippen molar-refractivity contribution in [3.8, 4) is 0 Å². The van der Waals surface area contributed by atoms with Crippen LogP contribution in [0.3, 0.4) is 0 Å². The number of hydrogen-bond acceptors (Lipinski definition) is 5. The lowest BCUT2D eigenvalue weighted by atomic mass is 10.2.